The molecule has 1 aromatic carbocycles. The SMILES string of the molecule is CC(C(=O)NCCC(=O)O)c1cccc(Cl)c1. The molecule has 5 heteroatoms. The molecule has 1 amide bonds. The topological polar surface area (TPSA) is 66.4 Å². The highest BCUT2D eigenvalue weighted by Gasteiger charge is 2.15. The average Bonchev–Trinajstić information content (AvgIpc) is 2.27. The Morgan fingerprint density at radius 1 is 1.47 bits per heavy atom. The van der Waals surface area contributed by atoms with Gasteiger partial charge in [0.15, 0.2) is 0 Å². The van der Waals surface area contributed by atoms with E-state index in [-0.39, 0.29) is 24.8 Å². The van der Waals surface area contributed by atoms with Crippen LogP contribution in [0.25, 0.3) is 0 Å². The van der Waals surface area contributed by atoms with E-state index in [1.807, 2.05) is 6.07 Å². The van der Waals surface area contributed by atoms with Crippen LogP contribution in [0.2, 0.25) is 5.02 Å². The largest absolute Gasteiger partial charge is 0.481 e. The number of hydrogen-bond acceptors (Lipinski definition) is 2. The number of nitrogens with one attached hydrogen (secondary N) is 1. The van der Waals surface area contributed by atoms with Crippen LogP contribution in [0.15, 0.2) is 24.3 Å². The second-order valence-electron chi connectivity index (χ2n) is 3.71. The van der Waals surface area contributed by atoms with Crippen LogP contribution in [-0.2, 0) is 9.59 Å². The Kier molecular flexibility index (Phi) is 4.97. The quantitative estimate of drug-likeness (QED) is 0.846. The standard InChI is InChI=1S/C12H14ClNO3/c1-8(9-3-2-4-10(13)7-9)12(17)14-6-5-11(15)16/h2-4,7-8H,5-6H2,1H3,(H,14,17)(H,15,16). The molecule has 0 heterocycles. The molecule has 1 atom stereocenters. The lowest BCUT2D eigenvalue weighted by atomic mass is 10.0. The first-order chi connectivity index (χ1) is 8.00. The van der Waals surface area contributed by atoms with Crippen LogP contribution < -0.4 is 5.32 Å². The molecule has 0 saturated heterocycles. The maximum atomic E-state index is 11.7. The summed E-state index contributed by atoms with van der Waals surface area (Å²) in [6.07, 6.45) is -0.0754. The van der Waals surface area contributed by atoms with E-state index in [4.69, 9.17) is 16.7 Å². The lowest BCUT2D eigenvalue weighted by molar-refractivity contribution is -0.136. The van der Waals surface area contributed by atoms with Gasteiger partial charge in [-0.2, -0.15) is 0 Å². The summed E-state index contributed by atoms with van der Waals surface area (Å²) >= 11 is 5.83. The van der Waals surface area contributed by atoms with Crippen LogP contribution in [0.3, 0.4) is 0 Å². The summed E-state index contributed by atoms with van der Waals surface area (Å²) in [6.45, 7) is 1.89. The lowest BCUT2D eigenvalue weighted by Crippen LogP contribution is -2.29. The first-order valence-corrected chi connectivity index (χ1v) is 5.63. The number of rotatable bonds is 5. The van der Waals surface area contributed by atoms with Gasteiger partial charge in [-0.25, -0.2) is 0 Å². The molecule has 0 aromatic heterocycles. The molecular weight excluding hydrogens is 242 g/mol. The average molecular weight is 256 g/mol. The molecular formula is C12H14ClNO3. The number of benzene rings is 1. The Bertz CT molecular complexity index is 420. The molecule has 0 fully saturated rings. The van der Waals surface area contributed by atoms with Gasteiger partial charge in [-0.15, -0.1) is 0 Å². The summed E-state index contributed by atoms with van der Waals surface area (Å²) in [5.41, 5.74) is 0.810. The second kappa shape index (κ2) is 6.25. The van der Waals surface area contributed by atoms with Crippen molar-refractivity contribution in [1.29, 1.82) is 0 Å². The van der Waals surface area contributed by atoms with Crippen LogP contribution >= 0.6 is 11.6 Å². The van der Waals surface area contributed by atoms with Crippen molar-refractivity contribution in [2.24, 2.45) is 0 Å². The highest BCUT2D eigenvalue weighted by molar-refractivity contribution is 6.30. The van der Waals surface area contributed by atoms with Gasteiger partial charge in [0, 0.05) is 11.6 Å². The number of carbonyl (C=O) groups is 2. The minimum atomic E-state index is -0.930. The summed E-state index contributed by atoms with van der Waals surface area (Å²) in [7, 11) is 0. The molecule has 0 aliphatic carbocycles. The van der Waals surface area contributed by atoms with E-state index in [1.54, 1.807) is 25.1 Å². The van der Waals surface area contributed by atoms with E-state index in [1.165, 1.54) is 0 Å². The van der Waals surface area contributed by atoms with Crippen molar-refractivity contribution in [1.82, 2.24) is 5.32 Å². The summed E-state index contributed by atoms with van der Waals surface area (Å²) < 4.78 is 0. The Hall–Kier alpha value is -1.55. The predicted molar refractivity (Wildman–Crippen MR) is 65.1 cm³/mol. The number of hydrogen-bond donors (Lipinski definition) is 2. The third kappa shape index (κ3) is 4.44. The number of halogens is 1. The number of carboxylic acid groups (broad SMARTS) is 1. The molecule has 0 saturated carbocycles. The van der Waals surface area contributed by atoms with E-state index in [2.05, 4.69) is 5.32 Å². The molecule has 92 valence electrons. The molecule has 1 rings (SSSR count). The number of carboxylic acids is 1. The zero-order valence-electron chi connectivity index (χ0n) is 9.44. The Labute approximate surface area is 105 Å². The fraction of sp³-hybridized carbons (Fsp3) is 0.333. The first-order valence-electron chi connectivity index (χ1n) is 5.25. The van der Waals surface area contributed by atoms with Gasteiger partial charge in [0.1, 0.15) is 0 Å². The van der Waals surface area contributed by atoms with Crippen molar-refractivity contribution >= 4 is 23.5 Å². The molecule has 1 aromatic rings. The minimum Gasteiger partial charge on any atom is -0.481 e. The maximum Gasteiger partial charge on any atom is 0.305 e. The molecule has 1 unspecified atom stereocenters. The van der Waals surface area contributed by atoms with Gasteiger partial charge in [0.25, 0.3) is 0 Å². The fourth-order valence-electron chi connectivity index (χ4n) is 1.37. The van der Waals surface area contributed by atoms with Gasteiger partial charge in [-0.05, 0) is 24.6 Å². The molecule has 0 aliphatic rings. The van der Waals surface area contributed by atoms with Gasteiger partial charge in [0.2, 0.25) is 5.91 Å². The number of carbonyl (C=O) groups excluding carboxylic acids is 1. The van der Waals surface area contributed by atoms with Crippen LogP contribution in [0.4, 0.5) is 0 Å². The zero-order chi connectivity index (χ0) is 12.8. The Morgan fingerprint density at radius 3 is 2.76 bits per heavy atom. The van der Waals surface area contributed by atoms with Crippen LogP contribution in [0.1, 0.15) is 24.8 Å². The van der Waals surface area contributed by atoms with Gasteiger partial charge in [-0.1, -0.05) is 23.7 Å². The van der Waals surface area contributed by atoms with Crippen LogP contribution in [0, 0.1) is 0 Å². The highest BCUT2D eigenvalue weighted by atomic mass is 35.5. The third-order valence-electron chi connectivity index (χ3n) is 2.38. The summed E-state index contributed by atoms with van der Waals surface area (Å²) in [5.74, 6) is -1.48. The lowest BCUT2D eigenvalue weighted by Gasteiger charge is -2.12. The molecule has 0 bridgehead atoms. The van der Waals surface area contributed by atoms with Crippen molar-refractivity contribution in [2.75, 3.05) is 6.54 Å². The normalized spacial score (nSPS) is 11.9. The van der Waals surface area contributed by atoms with E-state index >= 15 is 0 Å². The fourth-order valence-corrected chi connectivity index (χ4v) is 1.57. The number of amides is 1. The molecule has 4 nitrogen and oxygen atoms in total. The summed E-state index contributed by atoms with van der Waals surface area (Å²) in [5, 5.41) is 11.6. The number of aliphatic carboxylic acids is 1. The first kappa shape index (κ1) is 13.5. The molecule has 0 aliphatic heterocycles. The Balaban J connectivity index is 2.54. The summed E-state index contributed by atoms with van der Waals surface area (Å²) in [6, 6.07) is 7.05. The van der Waals surface area contributed by atoms with Gasteiger partial charge >= 0.3 is 5.97 Å². The van der Waals surface area contributed by atoms with Gasteiger partial charge in [0.05, 0.1) is 12.3 Å². The molecule has 17 heavy (non-hydrogen) atoms. The van der Waals surface area contributed by atoms with Crippen molar-refractivity contribution in [2.45, 2.75) is 19.3 Å². The molecule has 0 radical (unpaired) electrons. The maximum absolute atomic E-state index is 11.7. The smallest absolute Gasteiger partial charge is 0.305 e. The van der Waals surface area contributed by atoms with Crippen LogP contribution in [-0.4, -0.2) is 23.5 Å². The van der Waals surface area contributed by atoms with Crippen molar-refractivity contribution < 1.29 is 14.7 Å². The van der Waals surface area contributed by atoms with Crippen molar-refractivity contribution in [3.8, 4) is 0 Å². The van der Waals surface area contributed by atoms with Crippen molar-refractivity contribution in [3.05, 3.63) is 34.9 Å². The van der Waals surface area contributed by atoms with E-state index < -0.39 is 5.97 Å². The monoisotopic (exact) mass is 255 g/mol. The summed E-state index contributed by atoms with van der Waals surface area (Å²) in [4.78, 5) is 22.0. The molecule has 0 spiro atoms. The minimum absolute atomic E-state index is 0.0754. The zero-order valence-corrected chi connectivity index (χ0v) is 10.2. The highest BCUT2D eigenvalue weighted by Crippen LogP contribution is 2.19. The predicted octanol–water partition coefficient (Wildman–Crippen LogP) is 2.03. The van der Waals surface area contributed by atoms with Gasteiger partial charge < -0.3 is 10.4 Å². The van der Waals surface area contributed by atoms with E-state index in [0.717, 1.165) is 5.56 Å². The van der Waals surface area contributed by atoms with E-state index in [0.29, 0.717) is 5.02 Å². The van der Waals surface area contributed by atoms with E-state index in [9.17, 15) is 9.59 Å². The third-order valence-corrected chi connectivity index (χ3v) is 2.62. The molecule has 2 N–H and O–H groups in total. The van der Waals surface area contributed by atoms with Crippen LogP contribution in [0.5, 0.6) is 0 Å². The Morgan fingerprint density at radius 2 is 2.18 bits per heavy atom. The second-order valence-corrected chi connectivity index (χ2v) is 4.15. The van der Waals surface area contributed by atoms with Gasteiger partial charge in [-0.3, -0.25) is 9.59 Å². The van der Waals surface area contributed by atoms with Crippen molar-refractivity contribution in [3.63, 3.8) is 0 Å².